The molecule has 0 aliphatic carbocycles. The molecule has 0 radical (unpaired) electrons. The third-order valence-electron chi connectivity index (χ3n) is 4.23. The lowest BCUT2D eigenvalue weighted by atomic mass is 9.98. The summed E-state index contributed by atoms with van der Waals surface area (Å²) in [6, 6.07) is 6.35. The molecule has 1 aliphatic heterocycles. The molecule has 2 rings (SSSR count). The minimum absolute atomic E-state index is 0.0407. The van der Waals surface area contributed by atoms with Gasteiger partial charge in [0.15, 0.2) is 0 Å². The van der Waals surface area contributed by atoms with Gasteiger partial charge in [0.1, 0.15) is 5.82 Å². The highest BCUT2D eigenvalue weighted by molar-refractivity contribution is 7.89. The van der Waals surface area contributed by atoms with E-state index in [1.165, 1.54) is 15.3 Å². The second-order valence-electron chi connectivity index (χ2n) is 5.88. The van der Waals surface area contributed by atoms with Crippen LogP contribution in [0.2, 0.25) is 0 Å². The van der Waals surface area contributed by atoms with Crippen molar-refractivity contribution in [3.8, 4) is 0 Å². The van der Waals surface area contributed by atoms with Crippen molar-refractivity contribution >= 4 is 15.9 Å². The van der Waals surface area contributed by atoms with E-state index in [0.717, 1.165) is 0 Å². The van der Waals surface area contributed by atoms with Crippen molar-refractivity contribution in [1.29, 1.82) is 0 Å². The second kappa shape index (κ2) is 7.40. The minimum Gasteiger partial charge on any atom is -0.341 e. The molecular weight excluding hydrogens is 319 g/mol. The fraction of sp³-hybridized carbons (Fsp3) is 0.562. The Labute approximate surface area is 137 Å². The number of carbonyl (C=O) groups excluding carboxylic acids is 1. The van der Waals surface area contributed by atoms with Gasteiger partial charge in [-0.15, -0.1) is 0 Å². The summed E-state index contributed by atoms with van der Waals surface area (Å²) in [7, 11) is -1.65. The summed E-state index contributed by atoms with van der Waals surface area (Å²) in [5.74, 6) is -0.795. The van der Waals surface area contributed by atoms with Gasteiger partial charge in [-0.3, -0.25) is 4.79 Å². The highest BCUT2D eigenvalue weighted by Gasteiger charge is 2.32. The van der Waals surface area contributed by atoms with Crippen molar-refractivity contribution in [2.75, 3.05) is 25.9 Å². The average molecular weight is 342 g/mol. The van der Waals surface area contributed by atoms with E-state index in [2.05, 4.69) is 0 Å². The molecule has 0 aromatic heterocycles. The van der Waals surface area contributed by atoms with Crippen LogP contribution in [0, 0.1) is 11.7 Å². The SMILES string of the molecule is CCS(=O)(=O)N1CCC[C@H](C(=O)N(C)Cc2ccccc2F)C1. The standard InChI is InChI=1S/C16H23FN2O3S/c1-3-23(21,22)19-10-6-8-14(12-19)16(20)18(2)11-13-7-4-5-9-15(13)17/h4-5,7,9,14H,3,6,8,10-12H2,1-2H3/t14-/m0/s1. The first-order valence-corrected chi connectivity index (χ1v) is 9.42. The van der Waals surface area contributed by atoms with E-state index in [1.807, 2.05) is 0 Å². The molecule has 128 valence electrons. The number of piperidine rings is 1. The zero-order valence-electron chi connectivity index (χ0n) is 13.5. The van der Waals surface area contributed by atoms with Crippen LogP contribution in [0.1, 0.15) is 25.3 Å². The van der Waals surface area contributed by atoms with Crippen molar-refractivity contribution in [2.45, 2.75) is 26.3 Å². The van der Waals surface area contributed by atoms with Crippen LogP contribution in [0.3, 0.4) is 0 Å². The highest BCUT2D eigenvalue weighted by atomic mass is 32.2. The molecular formula is C16H23FN2O3S. The number of amides is 1. The largest absolute Gasteiger partial charge is 0.341 e. The molecule has 5 nitrogen and oxygen atoms in total. The molecule has 7 heteroatoms. The summed E-state index contributed by atoms with van der Waals surface area (Å²) in [6.07, 6.45) is 1.33. The predicted molar refractivity (Wildman–Crippen MR) is 86.6 cm³/mol. The van der Waals surface area contributed by atoms with Gasteiger partial charge in [-0.05, 0) is 25.8 Å². The Morgan fingerprint density at radius 2 is 2.09 bits per heavy atom. The molecule has 1 saturated heterocycles. The molecule has 23 heavy (non-hydrogen) atoms. The Morgan fingerprint density at radius 3 is 2.74 bits per heavy atom. The highest BCUT2D eigenvalue weighted by Crippen LogP contribution is 2.22. The Morgan fingerprint density at radius 1 is 1.39 bits per heavy atom. The molecule has 1 amide bonds. The Balaban J connectivity index is 2.03. The average Bonchev–Trinajstić information content (AvgIpc) is 2.56. The first-order chi connectivity index (χ1) is 10.8. The van der Waals surface area contributed by atoms with Crippen molar-refractivity contribution in [3.63, 3.8) is 0 Å². The molecule has 1 heterocycles. The molecule has 0 bridgehead atoms. The molecule has 1 fully saturated rings. The third kappa shape index (κ3) is 4.29. The van der Waals surface area contributed by atoms with E-state index in [9.17, 15) is 17.6 Å². The smallest absolute Gasteiger partial charge is 0.227 e. The van der Waals surface area contributed by atoms with Crippen LogP contribution in [0.15, 0.2) is 24.3 Å². The van der Waals surface area contributed by atoms with Crippen LogP contribution in [0.25, 0.3) is 0 Å². The maximum absolute atomic E-state index is 13.7. The number of hydrogen-bond acceptors (Lipinski definition) is 3. The number of hydrogen-bond donors (Lipinski definition) is 0. The van der Waals surface area contributed by atoms with Gasteiger partial charge in [0.05, 0.1) is 11.7 Å². The summed E-state index contributed by atoms with van der Waals surface area (Å²) < 4.78 is 39.1. The van der Waals surface area contributed by atoms with Crippen LogP contribution in [-0.2, 0) is 21.4 Å². The van der Waals surface area contributed by atoms with Gasteiger partial charge in [0.2, 0.25) is 15.9 Å². The Kier molecular flexibility index (Phi) is 5.75. The maximum Gasteiger partial charge on any atom is 0.227 e. The first kappa shape index (κ1) is 17.9. The molecule has 1 atom stereocenters. The lowest BCUT2D eigenvalue weighted by Gasteiger charge is -2.33. The fourth-order valence-electron chi connectivity index (χ4n) is 2.85. The zero-order chi connectivity index (χ0) is 17.0. The lowest BCUT2D eigenvalue weighted by Crippen LogP contribution is -2.46. The zero-order valence-corrected chi connectivity index (χ0v) is 14.4. The molecule has 0 unspecified atom stereocenters. The molecule has 1 aromatic carbocycles. The van der Waals surface area contributed by atoms with Crippen molar-refractivity contribution < 1.29 is 17.6 Å². The van der Waals surface area contributed by atoms with Crippen LogP contribution >= 0.6 is 0 Å². The van der Waals surface area contributed by atoms with Crippen molar-refractivity contribution in [3.05, 3.63) is 35.6 Å². The van der Waals surface area contributed by atoms with Crippen LogP contribution in [-0.4, -0.2) is 49.4 Å². The van der Waals surface area contributed by atoms with Crippen molar-refractivity contribution in [2.24, 2.45) is 5.92 Å². The van der Waals surface area contributed by atoms with E-state index < -0.39 is 10.0 Å². The lowest BCUT2D eigenvalue weighted by molar-refractivity contribution is -0.135. The number of halogens is 1. The predicted octanol–water partition coefficient (Wildman–Crippen LogP) is 1.85. The maximum atomic E-state index is 13.7. The van der Waals surface area contributed by atoms with E-state index in [1.54, 1.807) is 32.2 Å². The first-order valence-electron chi connectivity index (χ1n) is 7.81. The Hall–Kier alpha value is -1.47. The van der Waals surface area contributed by atoms with Gasteiger partial charge >= 0.3 is 0 Å². The molecule has 0 saturated carbocycles. The van der Waals surface area contributed by atoms with Gasteiger partial charge in [0.25, 0.3) is 0 Å². The van der Waals surface area contributed by atoms with Crippen LogP contribution < -0.4 is 0 Å². The third-order valence-corrected chi connectivity index (χ3v) is 6.08. The van der Waals surface area contributed by atoms with Gasteiger partial charge in [0, 0.05) is 32.2 Å². The normalized spacial score (nSPS) is 19.5. The second-order valence-corrected chi connectivity index (χ2v) is 8.14. The van der Waals surface area contributed by atoms with Crippen LogP contribution in [0.5, 0.6) is 0 Å². The molecule has 0 spiro atoms. The fourth-order valence-corrected chi connectivity index (χ4v) is 4.03. The Bertz CT molecular complexity index is 663. The number of nitrogens with zero attached hydrogens (tertiary/aromatic N) is 2. The van der Waals surface area contributed by atoms with Gasteiger partial charge in [-0.2, -0.15) is 0 Å². The minimum atomic E-state index is -3.28. The quantitative estimate of drug-likeness (QED) is 0.820. The summed E-state index contributed by atoms with van der Waals surface area (Å²) in [6.45, 7) is 2.47. The van der Waals surface area contributed by atoms with Gasteiger partial charge in [-0.1, -0.05) is 18.2 Å². The van der Waals surface area contributed by atoms with Gasteiger partial charge < -0.3 is 4.90 Å². The van der Waals surface area contributed by atoms with Crippen LogP contribution in [0.4, 0.5) is 4.39 Å². The van der Waals surface area contributed by atoms with E-state index in [4.69, 9.17) is 0 Å². The molecule has 0 N–H and O–H groups in total. The number of sulfonamides is 1. The summed E-state index contributed by atoms with van der Waals surface area (Å²) in [4.78, 5) is 14.0. The van der Waals surface area contributed by atoms with E-state index in [0.29, 0.717) is 24.9 Å². The summed E-state index contributed by atoms with van der Waals surface area (Å²) in [5.41, 5.74) is 0.456. The number of rotatable bonds is 5. The number of carbonyl (C=O) groups is 1. The van der Waals surface area contributed by atoms with E-state index >= 15 is 0 Å². The van der Waals surface area contributed by atoms with Gasteiger partial charge in [-0.25, -0.2) is 17.1 Å². The monoisotopic (exact) mass is 342 g/mol. The summed E-state index contributed by atoms with van der Waals surface area (Å²) >= 11 is 0. The molecule has 1 aliphatic rings. The van der Waals surface area contributed by atoms with E-state index in [-0.39, 0.29) is 36.5 Å². The molecule has 1 aromatic rings. The summed E-state index contributed by atoms with van der Waals surface area (Å²) in [5, 5.41) is 0. The van der Waals surface area contributed by atoms with Crippen molar-refractivity contribution in [1.82, 2.24) is 9.21 Å². The topological polar surface area (TPSA) is 57.7 Å². The number of benzene rings is 1.